The number of nitrogens with one attached hydrogen (secondary N) is 1. The third-order valence-corrected chi connectivity index (χ3v) is 3.88. The Morgan fingerprint density at radius 2 is 1.83 bits per heavy atom. The number of nitrogens with zero attached hydrogens (tertiary/aromatic N) is 1. The molecule has 4 heteroatoms. The third-order valence-electron chi connectivity index (χ3n) is 3.88. The van der Waals surface area contributed by atoms with Crippen molar-refractivity contribution in [1.82, 2.24) is 10.2 Å². The van der Waals surface area contributed by atoms with Crippen molar-refractivity contribution in [2.75, 3.05) is 19.6 Å². The summed E-state index contributed by atoms with van der Waals surface area (Å²) in [5, 5.41) is 3.29. The smallest absolute Gasteiger partial charge is 0.261 e. The van der Waals surface area contributed by atoms with Gasteiger partial charge in [0, 0.05) is 13.1 Å². The molecule has 1 atom stereocenters. The highest BCUT2D eigenvalue weighted by molar-refractivity contribution is 6.21. The fourth-order valence-corrected chi connectivity index (χ4v) is 2.77. The van der Waals surface area contributed by atoms with Crippen LogP contribution in [0, 0.1) is 5.41 Å². The quantitative estimate of drug-likeness (QED) is 0.797. The standard InChI is InChI=1S/C14H16N2O2/c1-14(6-7-15-8-14)9-16-12(17)10-4-2-3-5-11(10)13(16)18/h2-5,15H,6-9H2,1H3. The van der Waals surface area contributed by atoms with Crippen molar-refractivity contribution in [3.63, 3.8) is 0 Å². The first-order chi connectivity index (χ1) is 8.61. The van der Waals surface area contributed by atoms with Gasteiger partial charge in [-0.05, 0) is 30.5 Å². The van der Waals surface area contributed by atoms with Crippen LogP contribution in [0.4, 0.5) is 0 Å². The number of hydrogen-bond acceptors (Lipinski definition) is 3. The van der Waals surface area contributed by atoms with E-state index in [0.29, 0.717) is 17.7 Å². The van der Waals surface area contributed by atoms with Gasteiger partial charge >= 0.3 is 0 Å². The summed E-state index contributed by atoms with van der Waals surface area (Å²) in [4.78, 5) is 25.8. The van der Waals surface area contributed by atoms with E-state index in [1.54, 1.807) is 24.3 Å². The maximum absolute atomic E-state index is 12.2. The molecule has 4 nitrogen and oxygen atoms in total. The molecule has 1 fully saturated rings. The summed E-state index contributed by atoms with van der Waals surface area (Å²) < 4.78 is 0. The van der Waals surface area contributed by atoms with Crippen molar-refractivity contribution in [3.8, 4) is 0 Å². The highest BCUT2D eigenvalue weighted by Crippen LogP contribution is 2.30. The maximum Gasteiger partial charge on any atom is 0.261 e. The predicted octanol–water partition coefficient (Wildman–Crippen LogP) is 1.28. The highest BCUT2D eigenvalue weighted by atomic mass is 16.2. The van der Waals surface area contributed by atoms with Gasteiger partial charge in [0.25, 0.3) is 11.8 Å². The van der Waals surface area contributed by atoms with Crippen molar-refractivity contribution in [1.29, 1.82) is 0 Å². The van der Waals surface area contributed by atoms with Gasteiger partial charge in [-0.3, -0.25) is 14.5 Å². The van der Waals surface area contributed by atoms with Gasteiger partial charge < -0.3 is 5.32 Å². The topological polar surface area (TPSA) is 49.4 Å². The van der Waals surface area contributed by atoms with Crippen molar-refractivity contribution < 1.29 is 9.59 Å². The van der Waals surface area contributed by atoms with Crippen LogP contribution in [0.1, 0.15) is 34.1 Å². The first-order valence-electron chi connectivity index (χ1n) is 6.27. The van der Waals surface area contributed by atoms with Crippen LogP contribution in [-0.2, 0) is 0 Å². The van der Waals surface area contributed by atoms with Crippen LogP contribution in [0.15, 0.2) is 24.3 Å². The molecule has 2 aliphatic rings. The van der Waals surface area contributed by atoms with E-state index >= 15 is 0 Å². The van der Waals surface area contributed by atoms with Crippen molar-refractivity contribution in [2.24, 2.45) is 5.41 Å². The average Bonchev–Trinajstić information content (AvgIpc) is 2.89. The Bertz CT molecular complexity index is 483. The normalized spacial score (nSPS) is 26.8. The molecule has 1 unspecified atom stereocenters. The number of fused-ring (bicyclic) bond motifs is 1. The Balaban J connectivity index is 1.88. The molecule has 0 radical (unpaired) electrons. The molecule has 1 aromatic rings. The van der Waals surface area contributed by atoms with Crippen LogP contribution < -0.4 is 5.32 Å². The minimum absolute atomic E-state index is 0.00730. The molecule has 1 N–H and O–H groups in total. The molecule has 94 valence electrons. The number of imide groups is 1. The first-order valence-corrected chi connectivity index (χ1v) is 6.27. The van der Waals surface area contributed by atoms with E-state index in [4.69, 9.17) is 0 Å². The summed E-state index contributed by atoms with van der Waals surface area (Å²) in [7, 11) is 0. The molecule has 0 saturated carbocycles. The number of hydrogen-bond donors (Lipinski definition) is 1. The molecule has 0 spiro atoms. The first kappa shape index (κ1) is 11.4. The zero-order chi connectivity index (χ0) is 12.8. The zero-order valence-corrected chi connectivity index (χ0v) is 10.4. The second kappa shape index (κ2) is 3.92. The highest BCUT2D eigenvalue weighted by Gasteiger charge is 2.40. The molecule has 1 aromatic carbocycles. The van der Waals surface area contributed by atoms with E-state index in [9.17, 15) is 9.59 Å². The van der Waals surface area contributed by atoms with E-state index in [1.807, 2.05) is 0 Å². The molecule has 0 aromatic heterocycles. The number of amides is 2. The van der Waals surface area contributed by atoms with E-state index in [1.165, 1.54) is 4.90 Å². The molecule has 2 heterocycles. The fourth-order valence-electron chi connectivity index (χ4n) is 2.77. The molecular weight excluding hydrogens is 228 g/mol. The average molecular weight is 244 g/mol. The molecule has 0 aliphatic carbocycles. The number of rotatable bonds is 2. The van der Waals surface area contributed by atoms with Crippen LogP contribution in [-0.4, -0.2) is 36.3 Å². The summed E-state index contributed by atoms with van der Waals surface area (Å²) in [5.41, 5.74) is 1.09. The molecule has 3 rings (SSSR count). The van der Waals surface area contributed by atoms with Gasteiger partial charge in [-0.15, -0.1) is 0 Å². The second-order valence-corrected chi connectivity index (χ2v) is 5.48. The lowest BCUT2D eigenvalue weighted by Crippen LogP contribution is -2.40. The minimum Gasteiger partial charge on any atom is -0.316 e. The fraction of sp³-hybridized carbons (Fsp3) is 0.429. The Kier molecular flexibility index (Phi) is 2.48. The van der Waals surface area contributed by atoms with Crippen molar-refractivity contribution >= 4 is 11.8 Å². The second-order valence-electron chi connectivity index (χ2n) is 5.48. The number of carbonyl (C=O) groups is 2. The van der Waals surface area contributed by atoms with Gasteiger partial charge in [-0.2, -0.15) is 0 Å². The van der Waals surface area contributed by atoms with Gasteiger partial charge in [-0.25, -0.2) is 0 Å². The van der Waals surface area contributed by atoms with Crippen LogP contribution in [0.5, 0.6) is 0 Å². The van der Waals surface area contributed by atoms with Gasteiger partial charge in [0.1, 0.15) is 0 Å². The van der Waals surface area contributed by atoms with E-state index in [0.717, 1.165) is 19.5 Å². The van der Waals surface area contributed by atoms with Crippen LogP contribution in [0.3, 0.4) is 0 Å². The Morgan fingerprint density at radius 3 is 2.33 bits per heavy atom. The van der Waals surface area contributed by atoms with Crippen molar-refractivity contribution in [3.05, 3.63) is 35.4 Å². The Labute approximate surface area is 106 Å². The van der Waals surface area contributed by atoms with Gasteiger partial charge in [0.2, 0.25) is 0 Å². The lowest BCUT2D eigenvalue weighted by Gasteiger charge is -2.27. The van der Waals surface area contributed by atoms with E-state index in [-0.39, 0.29) is 17.2 Å². The molecule has 2 amide bonds. The molecule has 0 bridgehead atoms. The summed E-state index contributed by atoms with van der Waals surface area (Å²) >= 11 is 0. The third kappa shape index (κ3) is 1.64. The van der Waals surface area contributed by atoms with Crippen LogP contribution in [0.2, 0.25) is 0 Å². The monoisotopic (exact) mass is 244 g/mol. The van der Waals surface area contributed by atoms with E-state index in [2.05, 4.69) is 12.2 Å². The lowest BCUT2D eigenvalue weighted by atomic mass is 9.89. The van der Waals surface area contributed by atoms with Gasteiger partial charge in [0.15, 0.2) is 0 Å². The summed E-state index contributed by atoms with van der Waals surface area (Å²) in [6, 6.07) is 7.05. The Morgan fingerprint density at radius 1 is 1.22 bits per heavy atom. The maximum atomic E-state index is 12.2. The molecule has 1 saturated heterocycles. The van der Waals surface area contributed by atoms with Gasteiger partial charge in [0.05, 0.1) is 11.1 Å². The molecule has 2 aliphatic heterocycles. The van der Waals surface area contributed by atoms with Crippen molar-refractivity contribution in [2.45, 2.75) is 13.3 Å². The zero-order valence-electron chi connectivity index (χ0n) is 10.4. The SMILES string of the molecule is CC1(CN2C(=O)c3ccccc3C2=O)CCNC1. The summed E-state index contributed by atoms with van der Waals surface area (Å²) in [5.74, 6) is -0.299. The van der Waals surface area contributed by atoms with Crippen LogP contribution in [0.25, 0.3) is 0 Å². The molecular formula is C14H16N2O2. The lowest BCUT2D eigenvalue weighted by molar-refractivity contribution is 0.0591. The summed E-state index contributed by atoms with van der Waals surface area (Å²) in [6.45, 7) is 4.45. The largest absolute Gasteiger partial charge is 0.316 e. The summed E-state index contributed by atoms with van der Waals surface area (Å²) in [6.07, 6.45) is 1.00. The molecule has 18 heavy (non-hydrogen) atoms. The minimum atomic E-state index is -0.149. The van der Waals surface area contributed by atoms with Crippen LogP contribution >= 0.6 is 0 Å². The predicted molar refractivity (Wildman–Crippen MR) is 67.4 cm³/mol. The Hall–Kier alpha value is -1.68. The number of benzene rings is 1. The van der Waals surface area contributed by atoms with E-state index < -0.39 is 0 Å². The number of carbonyl (C=O) groups excluding carboxylic acids is 2. The van der Waals surface area contributed by atoms with Gasteiger partial charge in [-0.1, -0.05) is 19.1 Å².